The van der Waals surface area contributed by atoms with Crippen molar-refractivity contribution >= 4 is 0 Å². The third kappa shape index (κ3) is 7.19. The van der Waals surface area contributed by atoms with Gasteiger partial charge in [0.25, 0.3) is 0 Å². The fourth-order valence-corrected chi connectivity index (χ4v) is 3.22. The molecule has 0 aliphatic heterocycles. The Bertz CT molecular complexity index is 1250. The van der Waals surface area contributed by atoms with Gasteiger partial charge in [0.2, 0.25) is 0 Å². The van der Waals surface area contributed by atoms with Gasteiger partial charge in [0, 0.05) is 32.5 Å². The van der Waals surface area contributed by atoms with E-state index in [1.165, 1.54) is 17.8 Å². The number of alkyl halides is 3. The van der Waals surface area contributed by atoms with Crippen molar-refractivity contribution in [2.45, 2.75) is 6.18 Å². The molecule has 0 fully saturated rings. The maximum absolute atomic E-state index is 12.4. The first kappa shape index (κ1) is 26.0. The quantitative estimate of drug-likeness (QED) is 0.188. The van der Waals surface area contributed by atoms with Gasteiger partial charge in [0.05, 0.1) is 0 Å². The Hall–Kier alpha value is -3.60. The molecule has 3 aromatic carbocycles. The summed E-state index contributed by atoms with van der Waals surface area (Å²) in [5, 5.41) is 0. The predicted molar refractivity (Wildman–Crippen MR) is 127 cm³/mol. The molecule has 0 unspecified atom stereocenters. The number of halogens is 3. The van der Waals surface area contributed by atoms with Crippen LogP contribution in [0.15, 0.2) is 116 Å². The van der Waals surface area contributed by atoms with E-state index in [0.29, 0.717) is 11.3 Å². The van der Waals surface area contributed by atoms with Crippen molar-refractivity contribution in [2.75, 3.05) is 0 Å². The number of pyridine rings is 2. The summed E-state index contributed by atoms with van der Waals surface area (Å²) in [6.07, 6.45) is -0.895. The Morgan fingerprint density at radius 2 is 1.31 bits per heavy atom. The standard InChI is InChI=1S/C17H12N.C12H7F3N.Ir/c1-3-7-14(8-4-1)16-11-12-17(18-13-16)15-9-5-2-6-10-15;13-12(14,15)10-5-3-4-9(8-10)11-6-1-2-7-16-11;/h1-9,11-13H;1-3,5-8H;/q2*-1;. The van der Waals surface area contributed by atoms with Crippen LogP contribution in [0.2, 0.25) is 0 Å². The zero-order chi connectivity index (χ0) is 23.8. The third-order valence-electron chi connectivity index (χ3n) is 4.93. The minimum Gasteiger partial charge on any atom is -0.305 e. The number of aromatic nitrogens is 2. The molecule has 0 bridgehead atoms. The van der Waals surface area contributed by atoms with E-state index in [9.17, 15) is 13.2 Å². The second kappa shape index (κ2) is 12.2. The van der Waals surface area contributed by atoms with Crippen molar-refractivity contribution in [2.24, 2.45) is 0 Å². The van der Waals surface area contributed by atoms with Crippen LogP contribution in [0, 0.1) is 12.1 Å². The first-order valence-corrected chi connectivity index (χ1v) is 10.5. The second-order valence-electron chi connectivity index (χ2n) is 7.28. The number of hydrogen-bond donors (Lipinski definition) is 0. The van der Waals surface area contributed by atoms with Crippen molar-refractivity contribution in [3.05, 3.63) is 133 Å². The van der Waals surface area contributed by atoms with Gasteiger partial charge in [-0.1, -0.05) is 54.6 Å². The van der Waals surface area contributed by atoms with Crippen LogP contribution < -0.4 is 0 Å². The molecule has 1 radical (unpaired) electrons. The van der Waals surface area contributed by atoms with E-state index in [-0.39, 0.29) is 20.1 Å². The van der Waals surface area contributed by atoms with Gasteiger partial charge >= 0.3 is 6.18 Å². The number of hydrogen-bond acceptors (Lipinski definition) is 2. The third-order valence-corrected chi connectivity index (χ3v) is 4.93. The summed E-state index contributed by atoms with van der Waals surface area (Å²) >= 11 is 0. The zero-order valence-electron chi connectivity index (χ0n) is 18.3. The first-order chi connectivity index (χ1) is 16.5. The van der Waals surface area contributed by atoms with Crippen LogP contribution in [0.5, 0.6) is 0 Å². The molecule has 0 saturated heterocycles. The van der Waals surface area contributed by atoms with Crippen molar-refractivity contribution in [3.8, 4) is 33.6 Å². The van der Waals surface area contributed by atoms with Gasteiger partial charge in [-0.05, 0) is 34.1 Å². The van der Waals surface area contributed by atoms with Gasteiger partial charge in [0.1, 0.15) is 0 Å². The Labute approximate surface area is 215 Å². The van der Waals surface area contributed by atoms with E-state index < -0.39 is 11.7 Å². The molecule has 2 heterocycles. The van der Waals surface area contributed by atoms with E-state index in [4.69, 9.17) is 0 Å². The van der Waals surface area contributed by atoms with Gasteiger partial charge in [-0.2, -0.15) is 13.2 Å². The van der Waals surface area contributed by atoms with Crippen LogP contribution in [0.25, 0.3) is 33.6 Å². The largest absolute Gasteiger partial charge is 0.399 e. The SMILES string of the molecule is FC(F)(F)c1cc[c-]c(-c2ccccn2)c1.[Ir].[c-]1ccccc1-c1ccc(-c2ccccc2)cn1. The number of rotatable bonds is 3. The van der Waals surface area contributed by atoms with Crippen molar-refractivity contribution < 1.29 is 33.3 Å². The van der Waals surface area contributed by atoms with Crippen LogP contribution in [0.1, 0.15) is 5.56 Å². The van der Waals surface area contributed by atoms with E-state index >= 15 is 0 Å². The molecule has 0 spiro atoms. The van der Waals surface area contributed by atoms with E-state index in [2.05, 4.69) is 40.3 Å². The van der Waals surface area contributed by atoms with Gasteiger partial charge < -0.3 is 9.97 Å². The van der Waals surface area contributed by atoms with Gasteiger partial charge in [-0.15, -0.1) is 65.7 Å². The molecule has 0 atom stereocenters. The predicted octanol–water partition coefficient (Wildman–Crippen LogP) is 7.78. The van der Waals surface area contributed by atoms with Crippen LogP contribution >= 0.6 is 0 Å². The summed E-state index contributed by atoms with van der Waals surface area (Å²) in [5.41, 5.74) is 4.44. The van der Waals surface area contributed by atoms with E-state index in [0.717, 1.165) is 29.0 Å². The smallest absolute Gasteiger partial charge is 0.305 e. The summed E-state index contributed by atoms with van der Waals surface area (Å²) in [5.74, 6) is 0. The summed E-state index contributed by atoms with van der Waals surface area (Å²) in [4.78, 5) is 8.47. The summed E-state index contributed by atoms with van der Waals surface area (Å²) in [7, 11) is 0. The molecule has 5 rings (SSSR count). The maximum Gasteiger partial charge on any atom is 0.399 e. The molecule has 177 valence electrons. The van der Waals surface area contributed by atoms with Crippen LogP contribution in [0.4, 0.5) is 13.2 Å². The van der Waals surface area contributed by atoms with E-state index in [1.807, 2.05) is 54.7 Å². The maximum atomic E-state index is 12.4. The Balaban J connectivity index is 0.000000192. The second-order valence-corrected chi connectivity index (χ2v) is 7.28. The summed E-state index contributed by atoms with van der Waals surface area (Å²) in [6, 6.07) is 36.6. The molecule has 5 aromatic rings. The number of nitrogens with zero attached hydrogens (tertiary/aromatic N) is 2. The normalized spacial score (nSPS) is 10.5. The van der Waals surface area contributed by atoms with Crippen molar-refractivity contribution in [3.63, 3.8) is 0 Å². The van der Waals surface area contributed by atoms with Crippen molar-refractivity contribution in [1.29, 1.82) is 0 Å². The molecule has 35 heavy (non-hydrogen) atoms. The minimum absolute atomic E-state index is 0. The van der Waals surface area contributed by atoms with Gasteiger partial charge in [0.15, 0.2) is 0 Å². The molecule has 2 nitrogen and oxygen atoms in total. The van der Waals surface area contributed by atoms with Crippen LogP contribution in [-0.4, -0.2) is 9.97 Å². The fraction of sp³-hybridized carbons (Fsp3) is 0.0345. The fourth-order valence-electron chi connectivity index (χ4n) is 3.22. The minimum atomic E-state index is -4.33. The molecule has 0 N–H and O–H groups in total. The summed E-state index contributed by atoms with van der Waals surface area (Å²) in [6.45, 7) is 0. The molecular weight excluding hydrogens is 626 g/mol. The van der Waals surface area contributed by atoms with E-state index in [1.54, 1.807) is 18.2 Å². The average Bonchev–Trinajstić information content (AvgIpc) is 2.90. The monoisotopic (exact) mass is 645 g/mol. The Kier molecular flexibility index (Phi) is 9.07. The number of benzene rings is 3. The molecule has 0 aliphatic carbocycles. The summed E-state index contributed by atoms with van der Waals surface area (Å²) < 4.78 is 37.3. The molecule has 2 aromatic heterocycles. The van der Waals surface area contributed by atoms with Crippen molar-refractivity contribution in [1.82, 2.24) is 9.97 Å². The van der Waals surface area contributed by atoms with Gasteiger partial charge in [-0.3, -0.25) is 0 Å². The topological polar surface area (TPSA) is 25.8 Å². The molecule has 0 saturated carbocycles. The average molecular weight is 645 g/mol. The first-order valence-electron chi connectivity index (χ1n) is 10.5. The molecular formula is C29H19F3IrN2-2. The van der Waals surface area contributed by atoms with Gasteiger partial charge in [-0.25, -0.2) is 0 Å². The molecule has 6 heteroatoms. The van der Waals surface area contributed by atoms with Crippen LogP contribution in [-0.2, 0) is 26.3 Å². The zero-order valence-corrected chi connectivity index (χ0v) is 20.7. The Morgan fingerprint density at radius 3 is 1.94 bits per heavy atom. The molecule has 0 amide bonds. The Morgan fingerprint density at radius 1 is 0.600 bits per heavy atom. The van der Waals surface area contributed by atoms with Crippen LogP contribution in [0.3, 0.4) is 0 Å². The molecule has 0 aliphatic rings.